The van der Waals surface area contributed by atoms with Gasteiger partial charge in [0.15, 0.2) is 0 Å². The first-order chi connectivity index (χ1) is 16.9. The number of rotatable bonds is 8. The normalized spacial score (nSPS) is 31.0. The molecule has 11 heteroatoms. The maximum absolute atomic E-state index is 13.9. The summed E-state index contributed by atoms with van der Waals surface area (Å²) < 4.78 is 7.95. The predicted octanol–water partition coefficient (Wildman–Crippen LogP) is 0.0326. The number of carbonyl (C=O) groups excluding carboxylic acids is 3. The number of fused-ring (bicyclic) bond motifs is 2. The van der Waals surface area contributed by atoms with E-state index in [4.69, 9.17) is 4.74 Å². The van der Waals surface area contributed by atoms with Gasteiger partial charge in [0.1, 0.15) is 23.8 Å². The first-order valence-electron chi connectivity index (χ1n) is 12.3. The number of carbonyl (C=O) groups is 3. The zero-order valence-corrected chi connectivity index (χ0v) is 20.2. The van der Waals surface area contributed by atoms with Gasteiger partial charge in [-0.25, -0.2) is 4.68 Å². The first-order valence-corrected chi connectivity index (χ1v) is 12.3. The van der Waals surface area contributed by atoms with Crippen LogP contribution < -0.4 is 10.6 Å². The lowest BCUT2D eigenvalue weighted by atomic mass is 9.70. The number of para-hydroxylation sites is 1. The molecule has 3 amide bonds. The van der Waals surface area contributed by atoms with Gasteiger partial charge in [-0.05, 0) is 30.9 Å². The summed E-state index contributed by atoms with van der Waals surface area (Å²) in [5.41, 5.74) is 0.379. The standard InChI is InChI=1S/C24H32N6O5/c1-4-13(2)16(11-31)30-20(22(33)26-12-29-15-8-6-5-7-14(15)27-28-29)24-10-9-17(35-24)18(21(32)25-3)19(24)23(30)34/h5-8,13,16-20,31H,4,9-12H2,1-3H3,(H,25,32)(H,26,33)/t13-,16-,17+,18-,19-,20?,24?/m0/s1. The van der Waals surface area contributed by atoms with Crippen molar-refractivity contribution in [2.75, 3.05) is 13.7 Å². The van der Waals surface area contributed by atoms with Gasteiger partial charge < -0.3 is 25.4 Å². The molecule has 3 saturated heterocycles. The molecule has 3 aliphatic rings. The molecular weight excluding hydrogens is 452 g/mol. The average Bonchev–Trinajstić information content (AvgIpc) is 3.62. The molecule has 3 aliphatic heterocycles. The van der Waals surface area contributed by atoms with Crippen LogP contribution in [0.2, 0.25) is 0 Å². The quantitative estimate of drug-likeness (QED) is 0.481. The molecular formula is C24H32N6O5. The molecule has 0 aliphatic carbocycles. The third-order valence-corrected chi connectivity index (χ3v) is 8.20. The molecule has 1 spiro atoms. The number of hydrogen-bond acceptors (Lipinski definition) is 7. The van der Waals surface area contributed by atoms with Crippen LogP contribution in [0.1, 0.15) is 33.1 Å². The second kappa shape index (κ2) is 8.87. The number of likely N-dealkylation sites (tertiary alicyclic amines) is 1. The van der Waals surface area contributed by atoms with Crippen molar-refractivity contribution in [1.82, 2.24) is 30.5 Å². The summed E-state index contributed by atoms with van der Waals surface area (Å²) in [5, 5.41) is 24.1. The van der Waals surface area contributed by atoms with Gasteiger partial charge in [-0.15, -0.1) is 5.10 Å². The highest BCUT2D eigenvalue weighted by Gasteiger charge is 2.75. The lowest BCUT2D eigenvalue weighted by Crippen LogP contribution is -2.59. The Hall–Kier alpha value is -3.05. The van der Waals surface area contributed by atoms with Gasteiger partial charge in [0, 0.05) is 7.05 Å². The zero-order valence-electron chi connectivity index (χ0n) is 20.2. The fraction of sp³-hybridized carbons (Fsp3) is 0.625. The van der Waals surface area contributed by atoms with Crippen LogP contribution in [0.15, 0.2) is 24.3 Å². The second-order valence-corrected chi connectivity index (χ2v) is 9.83. The van der Waals surface area contributed by atoms with E-state index in [9.17, 15) is 19.5 Å². The van der Waals surface area contributed by atoms with E-state index >= 15 is 0 Å². The van der Waals surface area contributed by atoms with Crippen LogP contribution in [-0.2, 0) is 25.8 Å². The van der Waals surface area contributed by atoms with Crippen molar-refractivity contribution in [3.05, 3.63) is 24.3 Å². The molecule has 1 aromatic heterocycles. The Bertz CT molecular complexity index is 1150. The molecule has 0 radical (unpaired) electrons. The van der Waals surface area contributed by atoms with Crippen LogP contribution >= 0.6 is 0 Å². The minimum Gasteiger partial charge on any atom is -0.394 e. The molecule has 2 aromatic rings. The van der Waals surface area contributed by atoms with E-state index in [1.54, 1.807) is 11.7 Å². The molecule has 2 unspecified atom stereocenters. The molecule has 3 N–H and O–H groups in total. The summed E-state index contributed by atoms with van der Waals surface area (Å²) >= 11 is 0. The molecule has 3 fully saturated rings. The largest absolute Gasteiger partial charge is 0.394 e. The summed E-state index contributed by atoms with van der Waals surface area (Å²) in [6.07, 6.45) is 1.41. The lowest BCUT2D eigenvalue weighted by molar-refractivity contribution is -0.147. The molecule has 7 atom stereocenters. The number of hydrogen-bond donors (Lipinski definition) is 3. The molecule has 0 saturated carbocycles. The summed E-state index contributed by atoms with van der Waals surface area (Å²) in [7, 11) is 1.54. The molecule has 1 aromatic carbocycles. The Labute approximate surface area is 203 Å². The summed E-state index contributed by atoms with van der Waals surface area (Å²) in [6.45, 7) is 3.71. The van der Waals surface area contributed by atoms with Gasteiger partial charge in [0.25, 0.3) is 0 Å². The van der Waals surface area contributed by atoms with Gasteiger partial charge >= 0.3 is 0 Å². The fourth-order valence-corrected chi connectivity index (χ4v) is 6.31. The number of aromatic nitrogens is 3. The number of benzene rings is 1. The van der Waals surface area contributed by atoms with Crippen LogP contribution in [0.3, 0.4) is 0 Å². The Morgan fingerprint density at radius 3 is 2.80 bits per heavy atom. The van der Waals surface area contributed by atoms with Crippen molar-refractivity contribution in [1.29, 1.82) is 0 Å². The number of ether oxygens (including phenoxy) is 1. The van der Waals surface area contributed by atoms with E-state index < -0.39 is 35.6 Å². The Morgan fingerprint density at radius 2 is 2.09 bits per heavy atom. The zero-order chi connectivity index (χ0) is 24.9. The van der Waals surface area contributed by atoms with Crippen LogP contribution in [0.25, 0.3) is 11.0 Å². The van der Waals surface area contributed by atoms with E-state index in [2.05, 4.69) is 20.9 Å². The highest BCUT2D eigenvalue weighted by Crippen LogP contribution is 2.59. The monoisotopic (exact) mass is 484 g/mol. The predicted molar refractivity (Wildman–Crippen MR) is 125 cm³/mol. The number of aliphatic hydroxyl groups is 1. The molecule has 11 nitrogen and oxygen atoms in total. The van der Waals surface area contributed by atoms with E-state index in [1.807, 2.05) is 38.1 Å². The smallest absolute Gasteiger partial charge is 0.247 e. The van der Waals surface area contributed by atoms with E-state index in [1.165, 1.54) is 4.90 Å². The summed E-state index contributed by atoms with van der Waals surface area (Å²) in [5.74, 6) is -2.41. The number of aliphatic hydroxyl groups excluding tert-OH is 1. The summed E-state index contributed by atoms with van der Waals surface area (Å²) in [4.78, 5) is 42.0. The number of nitrogens with zero attached hydrogens (tertiary/aromatic N) is 4. The number of nitrogens with one attached hydrogen (secondary N) is 2. The third kappa shape index (κ3) is 3.43. The molecule has 2 bridgehead atoms. The van der Waals surface area contributed by atoms with Crippen LogP contribution in [0.5, 0.6) is 0 Å². The van der Waals surface area contributed by atoms with Gasteiger partial charge in [-0.1, -0.05) is 37.6 Å². The van der Waals surface area contributed by atoms with Gasteiger partial charge in [-0.2, -0.15) is 0 Å². The van der Waals surface area contributed by atoms with Crippen molar-refractivity contribution >= 4 is 28.8 Å². The topological polar surface area (TPSA) is 139 Å². The third-order valence-electron chi connectivity index (χ3n) is 8.20. The van der Waals surface area contributed by atoms with Gasteiger partial charge in [0.05, 0.1) is 36.1 Å². The molecule has 188 valence electrons. The fourth-order valence-electron chi connectivity index (χ4n) is 6.31. The highest BCUT2D eigenvalue weighted by molar-refractivity contribution is 5.99. The van der Waals surface area contributed by atoms with Crippen molar-refractivity contribution in [2.45, 2.75) is 63.6 Å². The van der Waals surface area contributed by atoms with Crippen molar-refractivity contribution < 1.29 is 24.2 Å². The van der Waals surface area contributed by atoms with Crippen molar-refractivity contribution in [3.63, 3.8) is 0 Å². The van der Waals surface area contributed by atoms with E-state index in [0.29, 0.717) is 24.8 Å². The van der Waals surface area contributed by atoms with Gasteiger partial charge in [0.2, 0.25) is 17.7 Å². The Balaban J connectivity index is 1.49. The number of amides is 3. The van der Waals surface area contributed by atoms with E-state index in [0.717, 1.165) is 5.52 Å². The van der Waals surface area contributed by atoms with Crippen molar-refractivity contribution in [3.8, 4) is 0 Å². The average molecular weight is 485 g/mol. The highest BCUT2D eigenvalue weighted by atomic mass is 16.5. The Kier molecular flexibility index (Phi) is 6.00. The lowest BCUT2D eigenvalue weighted by Gasteiger charge is -2.38. The molecule has 4 heterocycles. The second-order valence-electron chi connectivity index (χ2n) is 9.83. The maximum Gasteiger partial charge on any atom is 0.247 e. The van der Waals surface area contributed by atoms with Crippen LogP contribution in [0, 0.1) is 17.8 Å². The van der Waals surface area contributed by atoms with Gasteiger partial charge in [-0.3, -0.25) is 14.4 Å². The van der Waals surface area contributed by atoms with Crippen molar-refractivity contribution in [2.24, 2.45) is 17.8 Å². The minimum atomic E-state index is -1.10. The SMILES string of the molecule is CC[C@H](C)[C@H](CO)N1C(=O)[C@@H]2[C@@H](C(=O)NC)[C@H]3CCC2(O3)C1C(=O)NCn1nnc2ccccc21. The van der Waals surface area contributed by atoms with E-state index in [-0.39, 0.29) is 36.9 Å². The van der Waals surface area contributed by atoms with Crippen LogP contribution in [0.4, 0.5) is 0 Å². The van der Waals surface area contributed by atoms with Crippen LogP contribution in [-0.4, -0.2) is 80.2 Å². The Morgan fingerprint density at radius 1 is 1.31 bits per heavy atom. The minimum absolute atomic E-state index is 0.0515. The maximum atomic E-state index is 13.9. The molecule has 5 rings (SSSR count). The molecule has 35 heavy (non-hydrogen) atoms. The first kappa shape index (κ1) is 23.7. The summed E-state index contributed by atoms with van der Waals surface area (Å²) in [6, 6.07) is 5.91.